The summed E-state index contributed by atoms with van der Waals surface area (Å²) in [7, 11) is -1.80. The molecule has 1 N–H and O–H groups in total. The molecule has 0 radical (unpaired) electrons. The Labute approximate surface area is 147 Å². The van der Waals surface area contributed by atoms with Gasteiger partial charge in [0.2, 0.25) is 10.0 Å². The van der Waals surface area contributed by atoms with Crippen LogP contribution in [0.2, 0.25) is 0 Å². The summed E-state index contributed by atoms with van der Waals surface area (Å²) < 4.78 is 41.5. The van der Waals surface area contributed by atoms with Crippen LogP contribution in [0.3, 0.4) is 0 Å². The molecule has 0 amide bonds. The standard InChI is InChI=1S/C17H21N3O4S/c1-11-7-12-8-14(3-4-16(12)24-11)25(21,22)19-15-5-6-23-17(15)13-9-18-20(2)10-13/h3-4,8-11,15,17,19H,5-7H2,1-2H3/t11-,15+,17-/m1/s1. The fourth-order valence-electron chi connectivity index (χ4n) is 3.46. The number of nitrogens with zero attached hydrogens (tertiary/aromatic N) is 2. The van der Waals surface area contributed by atoms with Gasteiger partial charge in [-0.25, -0.2) is 13.1 Å². The molecular formula is C17H21N3O4S. The van der Waals surface area contributed by atoms with Gasteiger partial charge in [-0.3, -0.25) is 4.68 Å². The van der Waals surface area contributed by atoms with Crippen molar-refractivity contribution in [2.75, 3.05) is 6.61 Å². The van der Waals surface area contributed by atoms with Crippen LogP contribution in [0, 0.1) is 0 Å². The second kappa shape index (κ2) is 6.12. The third kappa shape index (κ3) is 3.17. The second-order valence-corrected chi connectivity index (χ2v) is 8.37. The minimum Gasteiger partial charge on any atom is -0.490 e. The maximum Gasteiger partial charge on any atom is 0.240 e. The van der Waals surface area contributed by atoms with Gasteiger partial charge < -0.3 is 9.47 Å². The van der Waals surface area contributed by atoms with Gasteiger partial charge in [-0.1, -0.05) is 0 Å². The van der Waals surface area contributed by atoms with E-state index in [1.165, 1.54) is 0 Å². The predicted octanol–water partition coefficient (Wildman–Crippen LogP) is 1.55. The summed E-state index contributed by atoms with van der Waals surface area (Å²) in [5.74, 6) is 0.767. The number of benzene rings is 1. The van der Waals surface area contributed by atoms with Gasteiger partial charge in [0.1, 0.15) is 18.0 Å². The Balaban J connectivity index is 1.56. The van der Waals surface area contributed by atoms with E-state index in [2.05, 4.69) is 9.82 Å². The van der Waals surface area contributed by atoms with E-state index >= 15 is 0 Å². The Kier molecular flexibility index (Phi) is 4.05. The van der Waals surface area contributed by atoms with Crippen molar-refractivity contribution in [3.8, 4) is 5.75 Å². The normalized spacial score (nSPS) is 25.8. The molecule has 3 atom stereocenters. The summed E-state index contributed by atoms with van der Waals surface area (Å²) in [4.78, 5) is 0.265. The van der Waals surface area contributed by atoms with E-state index in [0.29, 0.717) is 13.0 Å². The molecule has 7 nitrogen and oxygen atoms in total. The summed E-state index contributed by atoms with van der Waals surface area (Å²) in [5.41, 5.74) is 1.81. The fraction of sp³-hybridized carbons (Fsp3) is 0.471. The van der Waals surface area contributed by atoms with Crippen LogP contribution in [0.15, 0.2) is 35.5 Å². The summed E-state index contributed by atoms with van der Waals surface area (Å²) in [6.07, 6.45) is 4.69. The highest BCUT2D eigenvalue weighted by Gasteiger charge is 2.34. The Morgan fingerprint density at radius 3 is 2.96 bits per heavy atom. The van der Waals surface area contributed by atoms with E-state index in [9.17, 15) is 8.42 Å². The Bertz CT molecular complexity index is 893. The highest BCUT2D eigenvalue weighted by atomic mass is 32.2. The largest absolute Gasteiger partial charge is 0.490 e. The molecule has 3 heterocycles. The smallest absolute Gasteiger partial charge is 0.240 e. The molecule has 0 bridgehead atoms. The van der Waals surface area contributed by atoms with Crippen molar-refractivity contribution in [3.63, 3.8) is 0 Å². The third-order valence-electron chi connectivity index (χ3n) is 4.63. The van der Waals surface area contributed by atoms with E-state index in [4.69, 9.17) is 9.47 Å². The lowest BCUT2D eigenvalue weighted by Crippen LogP contribution is -2.36. The number of nitrogens with one attached hydrogen (secondary N) is 1. The molecular weight excluding hydrogens is 342 g/mol. The Hall–Kier alpha value is -1.90. The van der Waals surface area contributed by atoms with Crippen molar-refractivity contribution in [2.45, 2.75) is 42.9 Å². The third-order valence-corrected chi connectivity index (χ3v) is 6.12. The van der Waals surface area contributed by atoms with Crippen LogP contribution < -0.4 is 9.46 Å². The van der Waals surface area contributed by atoms with Crippen molar-refractivity contribution in [1.82, 2.24) is 14.5 Å². The maximum absolute atomic E-state index is 12.8. The molecule has 1 aromatic heterocycles. The minimum atomic E-state index is -3.63. The quantitative estimate of drug-likeness (QED) is 0.891. The summed E-state index contributed by atoms with van der Waals surface area (Å²) in [6, 6.07) is 4.72. The number of ether oxygens (including phenoxy) is 2. The highest BCUT2D eigenvalue weighted by Crippen LogP contribution is 2.32. The number of hydrogen-bond donors (Lipinski definition) is 1. The lowest BCUT2D eigenvalue weighted by molar-refractivity contribution is 0.102. The summed E-state index contributed by atoms with van der Waals surface area (Å²) in [5, 5.41) is 4.14. The van der Waals surface area contributed by atoms with E-state index in [0.717, 1.165) is 23.3 Å². The van der Waals surface area contributed by atoms with Crippen molar-refractivity contribution >= 4 is 10.0 Å². The minimum absolute atomic E-state index is 0.0825. The highest BCUT2D eigenvalue weighted by molar-refractivity contribution is 7.89. The first-order valence-corrected chi connectivity index (χ1v) is 9.83. The molecule has 25 heavy (non-hydrogen) atoms. The van der Waals surface area contributed by atoms with Gasteiger partial charge in [0.25, 0.3) is 0 Å². The SMILES string of the molecule is C[C@@H]1Cc2cc(S(=O)(=O)N[C@H]3CCO[C@@H]3c3cnn(C)c3)ccc2O1. The van der Waals surface area contributed by atoms with Crippen LogP contribution in [-0.4, -0.2) is 37.0 Å². The average molecular weight is 363 g/mol. The van der Waals surface area contributed by atoms with Crippen molar-refractivity contribution in [2.24, 2.45) is 7.05 Å². The fourth-order valence-corrected chi connectivity index (χ4v) is 4.78. The first-order valence-electron chi connectivity index (χ1n) is 8.34. The van der Waals surface area contributed by atoms with Crippen LogP contribution in [0.5, 0.6) is 5.75 Å². The summed E-state index contributed by atoms with van der Waals surface area (Å²) in [6.45, 7) is 2.49. The number of aromatic nitrogens is 2. The monoisotopic (exact) mass is 363 g/mol. The molecule has 0 unspecified atom stereocenters. The van der Waals surface area contributed by atoms with E-state index in [1.807, 2.05) is 20.2 Å². The second-order valence-electron chi connectivity index (χ2n) is 6.66. The molecule has 1 aromatic carbocycles. The van der Waals surface area contributed by atoms with Gasteiger partial charge in [-0.2, -0.15) is 5.10 Å². The first kappa shape index (κ1) is 16.6. The zero-order valence-electron chi connectivity index (χ0n) is 14.2. The topological polar surface area (TPSA) is 82.5 Å². The Morgan fingerprint density at radius 1 is 1.36 bits per heavy atom. The van der Waals surface area contributed by atoms with Crippen molar-refractivity contribution in [3.05, 3.63) is 41.7 Å². The molecule has 0 aliphatic carbocycles. The molecule has 0 saturated carbocycles. The maximum atomic E-state index is 12.8. The van der Waals surface area contributed by atoms with Gasteiger partial charge in [0.15, 0.2) is 0 Å². The summed E-state index contributed by atoms with van der Waals surface area (Å²) >= 11 is 0. The van der Waals surface area contributed by atoms with Crippen LogP contribution in [0.4, 0.5) is 0 Å². The molecule has 1 saturated heterocycles. The van der Waals surface area contributed by atoms with Gasteiger partial charge in [0, 0.05) is 31.8 Å². The first-order chi connectivity index (χ1) is 11.9. The molecule has 1 fully saturated rings. The molecule has 134 valence electrons. The molecule has 4 rings (SSSR count). The number of fused-ring (bicyclic) bond motifs is 1. The van der Waals surface area contributed by atoms with Crippen LogP contribution in [0.25, 0.3) is 0 Å². The van der Waals surface area contributed by atoms with Crippen LogP contribution in [-0.2, 0) is 28.2 Å². The van der Waals surface area contributed by atoms with Crippen molar-refractivity contribution in [1.29, 1.82) is 0 Å². The van der Waals surface area contributed by atoms with E-state index in [-0.39, 0.29) is 23.1 Å². The molecule has 0 spiro atoms. The lowest BCUT2D eigenvalue weighted by Gasteiger charge is -2.19. The van der Waals surface area contributed by atoms with E-state index in [1.54, 1.807) is 29.1 Å². The molecule has 8 heteroatoms. The predicted molar refractivity (Wildman–Crippen MR) is 90.9 cm³/mol. The van der Waals surface area contributed by atoms with Crippen molar-refractivity contribution < 1.29 is 17.9 Å². The average Bonchev–Trinajstić information content (AvgIpc) is 3.24. The zero-order chi connectivity index (χ0) is 17.6. The lowest BCUT2D eigenvalue weighted by atomic mass is 10.1. The van der Waals surface area contributed by atoms with Gasteiger partial charge in [0.05, 0.1) is 17.1 Å². The molecule has 2 aliphatic rings. The van der Waals surface area contributed by atoms with Crippen LogP contribution >= 0.6 is 0 Å². The zero-order valence-corrected chi connectivity index (χ0v) is 15.0. The number of hydrogen-bond acceptors (Lipinski definition) is 5. The van der Waals surface area contributed by atoms with Gasteiger partial charge in [-0.15, -0.1) is 0 Å². The molecule has 2 aliphatic heterocycles. The van der Waals surface area contributed by atoms with Gasteiger partial charge in [-0.05, 0) is 37.1 Å². The van der Waals surface area contributed by atoms with Crippen LogP contribution in [0.1, 0.15) is 30.6 Å². The van der Waals surface area contributed by atoms with Gasteiger partial charge >= 0.3 is 0 Å². The molecule has 2 aromatic rings. The number of sulfonamides is 1. The Morgan fingerprint density at radius 2 is 2.20 bits per heavy atom. The number of rotatable bonds is 4. The number of aryl methyl sites for hydroxylation is 1. The van der Waals surface area contributed by atoms with E-state index < -0.39 is 10.0 Å².